The van der Waals surface area contributed by atoms with Crippen LogP contribution in [0.5, 0.6) is 0 Å². The lowest BCUT2D eigenvalue weighted by Crippen LogP contribution is -2.14. The van der Waals surface area contributed by atoms with Crippen molar-refractivity contribution < 1.29 is 4.79 Å². The zero-order valence-corrected chi connectivity index (χ0v) is 13.6. The first-order chi connectivity index (χ1) is 11.1. The van der Waals surface area contributed by atoms with Crippen molar-refractivity contribution in [1.82, 2.24) is 10.2 Å². The first-order valence-corrected chi connectivity index (χ1v) is 7.62. The third kappa shape index (κ3) is 3.12. The Kier molecular flexibility index (Phi) is 4.17. The Morgan fingerprint density at radius 3 is 2.48 bits per heavy atom. The maximum absolute atomic E-state index is 12.4. The van der Waals surface area contributed by atoms with Crippen molar-refractivity contribution in [3.63, 3.8) is 0 Å². The number of aromatic nitrogens is 2. The van der Waals surface area contributed by atoms with E-state index in [9.17, 15) is 4.79 Å². The average molecular weight is 326 g/mol. The number of para-hydroxylation sites is 1. The van der Waals surface area contributed by atoms with Crippen LogP contribution in [0.1, 0.15) is 21.6 Å². The van der Waals surface area contributed by atoms with E-state index >= 15 is 0 Å². The van der Waals surface area contributed by atoms with Crippen molar-refractivity contribution in [2.45, 2.75) is 13.8 Å². The molecule has 0 aliphatic carbocycles. The summed E-state index contributed by atoms with van der Waals surface area (Å²) < 4.78 is 0. The molecule has 0 saturated heterocycles. The number of nitrogens with zero attached hydrogens (tertiary/aromatic N) is 1. The smallest absolute Gasteiger partial charge is 0.273 e. The van der Waals surface area contributed by atoms with E-state index in [4.69, 9.17) is 11.6 Å². The Hall–Kier alpha value is -2.59. The minimum absolute atomic E-state index is 0.229. The fourth-order valence-corrected chi connectivity index (χ4v) is 2.67. The Bertz CT molecular complexity index is 850. The summed E-state index contributed by atoms with van der Waals surface area (Å²) in [5, 5.41) is 10.5. The van der Waals surface area contributed by atoms with E-state index in [-0.39, 0.29) is 5.91 Å². The van der Waals surface area contributed by atoms with Crippen molar-refractivity contribution in [2.75, 3.05) is 5.32 Å². The first-order valence-electron chi connectivity index (χ1n) is 7.24. The summed E-state index contributed by atoms with van der Waals surface area (Å²) in [5.74, 6) is -0.229. The van der Waals surface area contributed by atoms with Crippen LogP contribution in [0, 0.1) is 13.8 Å². The molecule has 1 aromatic heterocycles. The molecule has 23 heavy (non-hydrogen) atoms. The molecule has 0 radical (unpaired) electrons. The summed E-state index contributed by atoms with van der Waals surface area (Å²) in [6.07, 6.45) is 0. The molecule has 0 aliphatic rings. The van der Waals surface area contributed by atoms with Crippen molar-refractivity contribution in [3.8, 4) is 11.3 Å². The van der Waals surface area contributed by atoms with Crippen molar-refractivity contribution in [1.29, 1.82) is 0 Å². The van der Waals surface area contributed by atoms with Gasteiger partial charge in [0.15, 0.2) is 0 Å². The van der Waals surface area contributed by atoms with Crippen LogP contribution < -0.4 is 5.32 Å². The molecule has 0 unspecified atom stereocenters. The third-order valence-electron chi connectivity index (χ3n) is 3.69. The Morgan fingerprint density at radius 1 is 1.09 bits per heavy atom. The lowest BCUT2D eigenvalue weighted by atomic mass is 10.1. The van der Waals surface area contributed by atoms with Crippen molar-refractivity contribution >= 4 is 23.2 Å². The van der Waals surface area contributed by atoms with Gasteiger partial charge in [0.05, 0.1) is 10.7 Å². The highest BCUT2D eigenvalue weighted by Crippen LogP contribution is 2.26. The Labute approximate surface area is 139 Å². The van der Waals surface area contributed by atoms with Gasteiger partial charge >= 0.3 is 0 Å². The number of halogens is 1. The van der Waals surface area contributed by atoms with Crippen LogP contribution >= 0.6 is 11.6 Å². The molecule has 3 rings (SSSR count). The Balaban J connectivity index is 1.86. The number of nitrogens with one attached hydrogen (secondary N) is 2. The summed E-state index contributed by atoms with van der Waals surface area (Å²) in [6.45, 7) is 3.93. The highest BCUT2D eigenvalue weighted by molar-refractivity contribution is 6.33. The lowest BCUT2D eigenvalue weighted by Gasteiger charge is -2.10. The van der Waals surface area contributed by atoms with Crippen LogP contribution in [0.4, 0.5) is 5.69 Å². The number of carbonyl (C=O) groups excluding carboxylic acids is 1. The first kappa shape index (κ1) is 15.3. The highest BCUT2D eigenvalue weighted by Gasteiger charge is 2.14. The number of aryl methyl sites for hydroxylation is 2. The lowest BCUT2D eigenvalue weighted by molar-refractivity contribution is 0.102. The number of carbonyl (C=O) groups is 1. The van der Waals surface area contributed by atoms with E-state index in [1.54, 1.807) is 12.1 Å². The van der Waals surface area contributed by atoms with E-state index in [0.717, 1.165) is 22.4 Å². The third-order valence-corrected chi connectivity index (χ3v) is 4.02. The maximum Gasteiger partial charge on any atom is 0.273 e. The fourth-order valence-electron chi connectivity index (χ4n) is 2.44. The van der Waals surface area contributed by atoms with Gasteiger partial charge in [0, 0.05) is 11.3 Å². The van der Waals surface area contributed by atoms with Gasteiger partial charge in [-0.2, -0.15) is 5.10 Å². The molecule has 0 bridgehead atoms. The summed E-state index contributed by atoms with van der Waals surface area (Å²) in [6, 6.07) is 15.0. The van der Waals surface area contributed by atoms with E-state index in [0.29, 0.717) is 16.4 Å². The topological polar surface area (TPSA) is 57.8 Å². The monoisotopic (exact) mass is 325 g/mol. The second-order valence-corrected chi connectivity index (χ2v) is 5.77. The van der Waals surface area contributed by atoms with Gasteiger partial charge in [-0.3, -0.25) is 9.89 Å². The molecule has 0 spiro atoms. The number of rotatable bonds is 3. The van der Waals surface area contributed by atoms with Crippen LogP contribution in [0.15, 0.2) is 48.5 Å². The molecule has 0 saturated carbocycles. The standard InChI is InChI=1S/C18H16ClN3O/c1-11-6-5-7-12(2)17(11)20-18(23)16-10-15(21-22-16)13-8-3-4-9-14(13)19/h3-10H,1-2H3,(H,20,23)(H,21,22). The summed E-state index contributed by atoms with van der Waals surface area (Å²) >= 11 is 6.16. The zero-order chi connectivity index (χ0) is 16.4. The van der Waals surface area contributed by atoms with Gasteiger partial charge in [-0.05, 0) is 37.1 Å². The van der Waals surface area contributed by atoms with Crippen molar-refractivity contribution in [2.24, 2.45) is 0 Å². The van der Waals surface area contributed by atoms with Gasteiger partial charge in [-0.25, -0.2) is 0 Å². The molecule has 116 valence electrons. The summed E-state index contributed by atoms with van der Waals surface area (Å²) in [7, 11) is 0. The second kappa shape index (κ2) is 6.26. The molecule has 0 aliphatic heterocycles. The van der Waals surface area contributed by atoms with Gasteiger partial charge in [-0.15, -0.1) is 0 Å². The largest absolute Gasteiger partial charge is 0.320 e. The molecular weight excluding hydrogens is 310 g/mol. The van der Waals surface area contributed by atoms with Gasteiger partial charge in [0.1, 0.15) is 5.69 Å². The minimum Gasteiger partial charge on any atom is -0.320 e. The van der Waals surface area contributed by atoms with Crippen LogP contribution in [0.3, 0.4) is 0 Å². The van der Waals surface area contributed by atoms with Crippen LogP contribution in [-0.2, 0) is 0 Å². The van der Waals surface area contributed by atoms with Gasteiger partial charge < -0.3 is 5.32 Å². The number of hydrogen-bond acceptors (Lipinski definition) is 2. The molecule has 1 amide bonds. The minimum atomic E-state index is -0.229. The van der Waals surface area contributed by atoms with Gasteiger partial charge in [0.25, 0.3) is 5.91 Å². The van der Waals surface area contributed by atoms with E-state index in [1.807, 2.05) is 50.2 Å². The second-order valence-electron chi connectivity index (χ2n) is 5.37. The molecule has 4 nitrogen and oxygen atoms in total. The van der Waals surface area contributed by atoms with Gasteiger partial charge in [-0.1, -0.05) is 48.0 Å². The number of benzene rings is 2. The Morgan fingerprint density at radius 2 is 1.78 bits per heavy atom. The molecule has 5 heteroatoms. The number of H-pyrrole nitrogens is 1. The quantitative estimate of drug-likeness (QED) is 0.739. The van der Waals surface area contributed by atoms with E-state index < -0.39 is 0 Å². The molecule has 0 fully saturated rings. The SMILES string of the molecule is Cc1cccc(C)c1NC(=O)c1cc(-c2ccccc2Cl)n[nH]1. The normalized spacial score (nSPS) is 10.6. The van der Waals surface area contributed by atoms with Gasteiger partial charge in [0.2, 0.25) is 0 Å². The molecule has 1 heterocycles. The van der Waals surface area contributed by atoms with E-state index in [1.165, 1.54) is 0 Å². The number of amides is 1. The van der Waals surface area contributed by atoms with Crippen LogP contribution in [0.25, 0.3) is 11.3 Å². The molecule has 0 atom stereocenters. The molecule has 2 aromatic carbocycles. The molecule has 2 N–H and O–H groups in total. The predicted molar refractivity (Wildman–Crippen MR) is 92.9 cm³/mol. The molecule has 3 aromatic rings. The number of anilines is 1. The zero-order valence-electron chi connectivity index (χ0n) is 12.9. The molecular formula is C18H16ClN3O. The van der Waals surface area contributed by atoms with Crippen LogP contribution in [-0.4, -0.2) is 16.1 Å². The maximum atomic E-state index is 12.4. The fraction of sp³-hybridized carbons (Fsp3) is 0.111. The van der Waals surface area contributed by atoms with Crippen molar-refractivity contribution in [3.05, 3.63) is 70.4 Å². The van der Waals surface area contributed by atoms with Crippen LogP contribution in [0.2, 0.25) is 5.02 Å². The number of aromatic amines is 1. The highest BCUT2D eigenvalue weighted by atomic mass is 35.5. The summed E-state index contributed by atoms with van der Waals surface area (Å²) in [5.41, 5.74) is 4.68. The van der Waals surface area contributed by atoms with E-state index in [2.05, 4.69) is 15.5 Å². The average Bonchev–Trinajstić information content (AvgIpc) is 3.01. The predicted octanol–water partition coefficient (Wildman–Crippen LogP) is 4.60. The number of hydrogen-bond donors (Lipinski definition) is 2. The summed E-state index contributed by atoms with van der Waals surface area (Å²) in [4.78, 5) is 12.4.